The van der Waals surface area contributed by atoms with Crippen molar-refractivity contribution < 1.29 is 39.5 Å². The van der Waals surface area contributed by atoms with Crippen molar-refractivity contribution in [2.24, 2.45) is 0 Å². The van der Waals surface area contributed by atoms with Crippen molar-refractivity contribution in [2.45, 2.75) is 149 Å². The van der Waals surface area contributed by atoms with Crippen LogP contribution in [0, 0.1) is 0 Å². The number of esters is 2. The predicted molar refractivity (Wildman–Crippen MR) is 236 cm³/mol. The normalized spacial score (nSPS) is 13.0. The zero-order valence-electron chi connectivity index (χ0n) is 37.9. The van der Waals surface area contributed by atoms with Crippen LogP contribution in [0.3, 0.4) is 0 Å². The van der Waals surface area contributed by atoms with E-state index in [1.807, 2.05) is 145 Å². The smallest absolute Gasteiger partial charge is 0.307 e. The Morgan fingerprint density at radius 2 is 0.627 bits per heavy atom. The Labute approximate surface area is 352 Å². The van der Waals surface area contributed by atoms with Crippen LogP contribution in [-0.4, -0.2) is 45.6 Å². The van der Waals surface area contributed by atoms with Crippen LogP contribution >= 0.6 is 0 Å². The number of rotatable bonds is 12. The van der Waals surface area contributed by atoms with Gasteiger partial charge in [-0.25, -0.2) is 0 Å². The summed E-state index contributed by atoms with van der Waals surface area (Å²) in [6.07, 6.45) is 0.257. The molecule has 0 aliphatic carbocycles. The van der Waals surface area contributed by atoms with Crippen LogP contribution in [0.4, 0.5) is 0 Å². The van der Waals surface area contributed by atoms with E-state index in [1.165, 1.54) is 0 Å². The van der Waals surface area contributed by atoms with Gasteiger partial charge in [-0.1, -0.05) is 145 Å². The van der Waals surface area contributed by atoms with Crippen molar-refractivity contribution in [1.29, 1.82) is 0 Å². The summed E-state index contributed by atoms with van der Waals surface area (Å²) in [6.45, 7) is 28.3. The van der Waals surface area contributed by atoms with Gasteiger partial charge in [0.15, 0.2) is 0 Å². The molecule has 0 heterocycles. The fraction of sp³-hybridized carbons (Fsp3) is 0.490. The zero-order valence-corrected chi connectivity index (χ0v) is 37.9. The van der Waals surface area contributed by atoms with Gasteiger partial charge in [-0.15, -0.1) is 0 Å². The van der Waals surface area contributed by atoms with Crippen molar-refractivity contribution in [3.05, 3.63) is 117 Å². The summed E-state index contributed by atoms with van der Waals surface area (Å²) in [7, 11) is 0. The largest absolute Gasteiger partial charge is 0.508 e. The van der Waals surface area contributed by atoms with Gasteiger partial charge < -0.3 is 29.9 Å². The first kappa shape index (κ1) is 46.7. The van der Waals surface area contributed by atoms with E-state index in [4.69, 9.17) is 9.47 Å². The highest BCUT2D eigenvalue weighted by atomic mass is 16.5. The molecular weight excluding hydrogens is 741 g/mol. The zero-order chi connectivity index (χ0) is 44.5. The molecule has 0 fully saturated rings. The number of ether oxygens (including phenoxy) is 2. The van der Waals surface area contributed by atoms with Crippen LogP contribution in [0.1, 0.15) is 161 Å². The van der Waals surface area contributed by atoms with E-state index >= 15 is 0 Å². The number of aromatic hydroxyl groups is 4. The molecule has 0 aliphatic heterocycles. The molecule has 0 unspecified atom stereocenters. The van der Waals surface area contributed by atoms with Crippen LogP contribution in [0.25, 0.3) is 0 Å². The van der Waals surface area contributed by atoms with Gasteiger partial charge in [-0.2, -0.15) is 0 Å². The lowest BCUT2D eigenvalue weighted by molar-refractivity contribution is -0.147. The molecule has 320 valence electrons. The second-order valence-corrected chi connectivity index (χ2v) is 20.7. The monoisotopic (exact) mass is 808 g/mol. The molecule has 0 bridgehead atoms. The minimum Gasteiger partial charge on any atom is -0.508 e. The fourth-order valence-corrected chi connectivity index (χ4v) is 7.77. The SMILES string of the molecule is CC(C)(C)c1cc(C(C)(CC(=O)OCCCOC(=O)CC(C)(c2ccc(O)c(C(C)(C)C)c2)c2ccc(O)c(C(C)(C)C)c2)c2ccc(O)c(C(C)(C)C)c2)ccc1O. The summed E-state index contributed by atoms with van der Waals surface area (Å²) in [5, 5.41) is 43.1. The number of phenolic OH excluding ortho intramolecular Hbond substituents is 4. The molecule has 0 atom stereocenters. The summed E-state index contributed by atoms with van der Waals surface area (Å²) in [6, 6.07) is 21.8. The van der Waals surface area contributed by atoms with Gasteiger partial charge in [-0.05, 0) is 90.4 Å². The van der Waals surface area contributed by atoms with Gasteiger partial charge in [0.2, 0.25) is 0 Å². The van der Waals surface area contributed by atoms with Gasteiger partial charge in [0.05, 0.1) is 26.1 Å². The maximum absolute atomic E-state index is 13.7. The Kier molecular flexibility index (Phi) is 13.4. The number of carbonyl (C=O) groups excluding carboxylic acids is 2. The van der Waals surface area contributed by atoms with Gasteiger partial charge in [0.25, 0.3) is 0 Å². The third kappa shape index (κ3) is 10.8. The van der Waals surface area contributed by atoms with Crippen LogP contribution in [0.5, 0.6) is 23.0 Å². The molecular formula is C51H68O8. The molecule has 8 heteroatoms. The van der Waals surface area contributed by atoms with E-state index < -0.39 is 22.8 Å². The highest BCUT2D eigenvalue weighted by molar-refractivity contribution is 5.74. The highest BCUT2D eigenvalue weighted by Gasteiger charge is 2.37. The average molecular weight is 809 g/mol. The summed E-state index contributed by atoms with van der Waals surface area (Å²) in [5.41, 5.74) is 3.11. The number of hydrogen-bond donors (Lipinski definition) is 4. The lowest BCUT2D eigenvalue weighted by atomic mass is 9.70. The lowest BCUT2D eigenvalue weighted by Crippen LogP contribution is -2.30. The summed E-state index contributed by atoms with van der Waals surface area (Å²) >= 11 is 0. The summed E-state index contributed by atoms with van der Waals surface area (Å²) < 4.78 is 11.6. The minimum atomic E-state index is -0.877. The third-order valence-corrected chi connectivity index (χ3v) is 11.6. The van der Waals surface area contributed by atoms with E-state index in [-0.39, 0.29) is 77.1 Å². The number of benzene rings is 4. The van der Waals surface area contributed by atoms with Gasteiger partial charge >= 0.3 is 11.9 Å². The van der Waals surface area contributed by atoms with Crippen molar-refractivity contribution in [1.82, 2.24) is 0 Å². The maximum atomic E-state index is 13.7. The Balaban J connectivity index is 1.54. The second kappa shape index (κ2) is 16.9. The minimum absolute atomic E-state index is 0.0137. The lowest BCUT2D eigenvalue weighted by Gasteiger charge is -2.33. The molecule has 8 nitrogen and oxygen atoms in total. The first-order chi connectivity index (χ1) is 27.0. The van der Waals surface area contributed by atoms with Gasteiger partial charge in [0.1, 0.15) is 23.0 Å². The van der Waals surface area contributed by atoms with Crippen molar-refractivity contribution in [3.63, 3.8) is 0 Å². The van der Waals surface area contributed by atoms with Crippen molar-refractivity contribution in [3.8, 4) is 23.0 Å². The average Bonchev–Trinajstić information content (AvgIpc) is 3.10. The van der Waals surface area contributed by atoms with Crippen molar-refractivity contribution in [2.75, 3.05) is 13.2 Å². The van der Waals surface area contributed by atoms with E-state index in [9.17, 15) is 30.0 Å². The Morgan fingerprint density at radius 3 is 0.831 bits per heavy atom. The molecule has 0 aromatic heterocycles. The molecule has 0 amide bonds. The molecule has 4 aromatic rings. The number of phenols is 4. The number of carbonyl (C=O) groups is 2. The Morgan fingerprint density at radius 1 is 0.407 bits per heavy atom. The van der Waals surface area contributed by atoms with Crippen LogP contribution in [-0.2, 0) is 51.6 Å². The molecule has 0 radical (unpaired) electrons. The predicted octanol–water partition coefficient (Wildman–Crippen LogP) is 11.3. The van der Waals surface area contributed by atoms with E-state index in [0.717, 1.165) is 44.5 Å². The van der Waals surface area contributed by atoms with Crippen molar-refractivity contribution >= 4 is 11.9 Å². The molecule has 4 aromatic carbocycles. The fourth-order valence-electron chi connectivity index (χ4n) is 7.77. The molecule has 4 rings (SSSR count). The molecule has 0 saturated carbocycles. The van der Waals surface area contributed by atoms with E-state index in [1.54, 1.807) is 24.3 Å². The van der Waals surface area contributed by atoms with Gasteiger partial charge in [-0.3, -0.25) is 9.59 Å². The maximum Gasteiger partial charge on any atom is 0.307 e. The van der Waals surface area contributed by atoms with Crippen LogP contribution in [0.15, 0.2) is 72.8 Å². The quantitative estimate of drug-likeness (QED) is 0.0821. The van der Waals surface area contributed by atoms with Gasteiger partial charge in [0, 0.05) is 17.3 Å². The highest BCUT2D eigenvalue weighted by Crippen LogP contribution is 2.45. The molecule has 0 aliphatic rings. The molecule has 0 spiro atoms. The standard InChI is InChI=1S/C51H68O8/c1-46(2,3)36-26-32(16-20-40(36)52)50(13,33-17-21-41(53)37(27-33)47(4,5)6)30-44(56)58-24-15-25-59-45(57)31-51(14,34-18-22-42(54)38(28-34)48(7,8)9)35-19-23-43(55)39(29-35)49(10,11)12/h16-23,26-29,52-55H,15,24-25,30-31H2,1-14H3. The first-order valence-corrected chi connectivity index (χ1v) is 20.7. The first-order valence-electron chi connectivity index (χ1n) is 20.7. The van der Waals surface area contributed by atoms with E-state index in [2.05, 4.69) is 0 Å². The summed E-state index contributed by atoms with van der Waals surface area (Å²) in [4.78, 5) is 27.4. The molecule has 59 heavy (non-hydrogen) atoms. The molecule has 0 saturated heterocycles. The molecule has 4 N–H and O–H groups in total. The van der Waals surface area contributed by atoms with Crippen LogP contribution < -0.4 is 0 Å². The second-order valence-electron chi connectivity index (χ2n) is 20.7. The topological polar surface area (TPSA) is 134 Å². The Hall–Kier alpha value is -4.98. The number of hydrogen-bond acceptors (Lipinski definition) is 8. The third-order valence-electron chi connectivity index (χ3n) is 11.6. The Bertz CT molecular complexity index is 1870. The summed E-state index contributed by atoms with van der Waals surface area (Å²) in [5.74, 6) is -0.164. The van der Waals surface area contributed by atoms with E-state index in [0.29, 0.717) is 0 Å². The van der Waals surface area contributed by atoms with Crippen LogP contribution in [0.2, 0.25) is 0 Å².